The van der Waals surface area contributed by atoms with Gasteiger partial charge >= 0.3 is 5.97 Å². The molecule has 6 unspecified atom stereocenters. The van der Waals surface area contributed by atoms with Gasteiger partial charge in [-0.1, -0.05) is 20.3 Å². The quantitative estimate of drug-likeness (QED) is 0.0755. The van der Waals surface area contributed by atoms with Crippen LogP contribution in [0.5, 0.6) is 0 Å². The zero-order valence-electron chi connectivity index (χ0n) is 20.0. The fraction of sp³-hybridized carbons (Fsp3) is 0.762. The van der Waals surface area contributed by atoms with E-state index in [-0.39, 0.29) is 24.8 Å². The Balaban J connectivity index is 2.87. The summed E-state index contributed by atoms with van der Waals surface area (Å²) in [6.45, 7) is 5.82. The first-order chi connectivity index (χ1) is 16.0. The third-order valence-corrected chi connectivity index (χ3v) is 5.79. The number of amides is 3. The lowest BCUT2D eigenvalue weighted by Crippen LogP contribution is -2.60. The summed E-state index contributed by atoms with van der Waals surface area (Å²) in [7, 11) is 0. The van der Waals surface area contributed by atoms with Crippen LogP contribution in [0.1, 0.15) is 52.9 Å². The first-order valence-electron chi connectivity index (χ1n) is 11.6. The Morgan fingerprint density at radius 3 is 2.24 bits per heavy atom. The Bertz CT molecular complexity index is 735. The van der Waals surface area contributed by atoms with Gasteiger partial charge in [-0.05, 0) is 45.1 Å². The lowest BCUT2D eigenvalue weighted by Gasteiger charge is -2.29. The van der Waals surface area contributed by atoms with Crippen molar-refractivity contribution in [1.82, 2.24) is 21.3 Å². The van der Waals surface area contributed by atoms with Crippen molar-refractivity contribution in [3.63, 3.8) is 0 Å². The minimum absolute atomic E-state index is 0.0831. The first-order valence-corrected chi connectivity index (χ1v) is 11.6. The molecule has 1 heterocycles. The Morgan fingerprint density at radius 2 is 1.74 bits per heavy atom. The maximum absolute atomic E-state index is 12.9. The zero-order valence-corrected chi connectivity index (χ0v) is 20.0. The van der Waals surface area contributed by atoms with Gasteiger partial charge in [-0.15, -0.1) is 0 Å². The zero-order chi connectivity index (χ0) is 25.8. The third-order valence-electron chi connectivity index (χ3n) is 5.79. The van der Waals surface area contributed by atoms with E-state index in [1.807, 2.05) is 6.92 Å². The molecule has 10 N–H and O–H groups in total. The van der Waals surface area contributed by atoms with Gasteiger partial charge < -0.3 is 42.9 Å². The number of rotatable bonds is 14. The number of carbonyl (C=O) groups is 4. The van der Waals surface area contributed by atoms with Crippen LogP contribution in [-0.2, 0) is 19.2 Å². The van der Waals surface area contributed by atoms with Crippen molar-refractivity contribution in [3.05, 3.63) is 0 Å². The average Bonchev–Trinajstić information content (AvgIpc) is 3.31. The van der Waals surface area contributed by atoms with Crippen LogP contribution in [0, 0.1) is 5.92 Å². The molecule has 0 spiro atoms. The van der Waals surface area contributed by atoms with Crippen molar-refractivity contribution in [2.75, 3.05) is 13.1 Å². The highest BCUT2D eigenvalue weighted by atomic mass is 16.4. The number of aliphatic hydroxyl groups is 1. The van der Waals surface area contributed by atoms with Gasteiger partial charge in [0, 0.05) is 6.54 Å². The number of aliphatic hydroxyl groups excluding tert-OH is 1. The number of carboxylic acid groups (broad SMARTS) is 1. The topological polar surface area (TPSA) is 221 Å². The molecule has 1 rings (SSSR count). The van der Waals surface area contributed by atoms with Crippen molar-refractivity contribution >= 4 is 29.7 Å². The Labute approximate surface area is 199 Å². The lowest BCUT2D eigenvalue weighted by atomic mass is 9.96. The number of guanidine groups is 1. The molecule has 1 fully saturated rings. The summed E-state index contributed by atoms with van der Waals surface area (Å²) < 4.78 is 0. The van der Waals surface area contributed by atoms with Crippen LogP contribution in [0.3, 0.4) is 0 Å². The highest BCUT2D eigenvalue weighted by Crippen LogP contribution is 2.11. The molecule has 0 radical (unpaired) electrons. The number of carbonyl (C=O) groups excluding carboxylic acids is 3. The van der Waals surface area contributed by atoms with E-state index in [4.69, 9.17) is 11.5 Å². The van der Waals surface area contributed by atoms with E-state index < -0.39 is 54.0 Å². The summed E-state index contributed by atoms with van der Waals surface area (Å²) in [5.74, 6) is -3.51. The van der Waals surface area contributed by atoms with Crippen molar-refractivity contribution in [2.24, 2.45) is 22.4 Å². The molecule has 1 aliphatic heterocycles. The van der Waals surface area contributed by atoms with Gasteiger partial charge in [0.05, 0.1) is 12.1 Å². The summed E-state index contributed by atoms with van der Waals surface area (Å²) in [5, 5.41) is 30.2. The second-order valence-electron chi connectivity index (χ2n) is 8.60. The standard InChI is InChI=1S/C21H39N7O6/c1-4-11(2)15(18(31)26-14(20(33)34)8-6-10-25-21(22)23)27-19(32)16(12(3)29)28-17(30)13-7-5-9-24-13/h11-16,24,29H,4-10H2,1-3H3,(H,26,31)(H,27,32)(H,28,30)(H,33,34)(H4,22,23,25). The van der Waals surface area contributed by atoms with Crippen LogP contribution in [0.25, 0.3) is 0 Å². The highest BCUT2D eigenvalue weighted by Gasteiger charge is 2.35. The molecule has 0 aromatic rings. The van der Waals surface area contributed by atoms with Crippen LogP contribution < -0.4 is 32.7 Å². The number of nitrogens with one attached hydrogen (secondary N) is 4. The van der Waals surface area contributed by atoms with Crippen LogP contribution in [0.4, 0.5) is 0 Å². The van der Waals surface area contributed by atoms with E-state index in [0.29, 0.717) is 25.8 Å². The van der Waals surface area contributed by atoms with Gasteiger partial charge in [-0.25, -0.2) is 4.79 Å². The van der Waals surface area contributed by atoms with Crippen molar-refractivity contribution < 1.29 is 29.4 Å². The van der Waals surface area contributed by atoms with Gasteiger partial charge in [0.1, 0.15) is 18.1 Å². The molecule has 6 atom stereocenters. The van der Waals surface area contributed by atoms with E-state index in [2.05, 4.69) is 26.3 Å². The molecule has 1 saturated heterocycles. The molecule has 0 aromatic carbocycles. The normalized spacial score (nSPS) is 19.7. The number of aliphatic imine (C=N–C) groups is 1. The Kier molecular flexibility index (Phi) is 12.3. The molecular weight excluding hydrogens is 446 g/mol. The number of aliphatic carboxylic acids is 1. The molecular formula is C21H39N7O6. The minimum Gasteiger partial charge on any atom is -0.480 e. The van der Waals surface area contributed by atoms with Gasteiger partial charge in [0.25, 0.3) is 0 Å². The SMILES string of the molecule is CCC(C)C(NC(=O)C(NC(=O)C1CCCN1)C(C)O)C(=O)NC(CCCN=C(N)N)C(=O)O. The van der Waals surface area contributed by atoms with E-state index in [1.165, 1.54) is 6.92 Å². The predicted octanol–water partition coefficient (Wildman–Crippen LogP) is -2.24. The molecule has 13 heteroatoms. The molecule has 1 aliphatic rings. The van der Waals surface area contributed by atoms with Gasteiger partial charge in [0.2, 0.25) is 17.7 Å². The molecule has 0 aliphatic carbocycles. The number of carboxylic acids is 1. The molecule has 0 bridgehead atoms. The minimum atomic E-state index is -1.27. The molecule has 3 amide bonds. The summed E-state index contributed by atoms with van der Waals surface area (Å²) in [6.07, 6.45) is 1.15. The molecule has 34 heavy (non-hydrogen) atoms. The Hall–Kier alpha value is -2.93. The molecule has 13 nitrogen and oxygen atoms in total. The maximum atomic E-state index is 12.9. The number of hydrogen-bond donors (Lipinski definition) is 8. The number of nitrogens with zero attached hydrogens (tertiary/aromatic N) is 1. The highest BCUT2D eigenvalue weighted by molar-refractivity contribution is 5.94. The van der Waals surface area contributed by atoms with Crippen LogP contribution in [-0.4, -0.2) is 83.2 Å². The maximum Gasteiger partial charge on any atom is 0.326 e. The first kappa shape index (κ1) is 29.1. The van der Waals surface area contributed by atoms with Crippen LogP contribution in [0.15, 0.2) is 4.99 Å². The molecule has 0 saturated carbocycles. The summed E-state index contributed by atoms with van der Waals surface area (Å²) in [4.78, 5) is 53.7. The summed E-state index contributed by atoms with van der Waals surface area (Å²) in [6, 6.07) is -3.99. The van der Waals surface area contributed by atoms with Crippen molar-refractivity contribution in [3.8, 4) is 0 Å². The van der Waals surface area contributed by atoms with Crippen molar-refractivity contribution in [1.29, 1.82) is 0 Å². The number of nitrogens with two attached hydrogens (primary N) is 2. The molecule has 0 aromatic heterocycles. The second-order valence-corrected chi connectivity index (χ2v) is 8.60. The monoisotopic (exact) mass is 485 g/mol. The summed E-state index contributed by atoms with van der Waals surface area (Å²) in [5.41, 5.74) is 10.5. The molecule has 194 valence electrons. The lowest BCUT2D eigenvalue weighted by molar-refractivity contribution is -0.143. The van der Waals surface area contributed by atoms with E-state index in [1.54, 1.807) is 6.92 Å². The second kappa shape index (κ2) is 14.4. The van der Waals surface area contributed by atoms with Crippen molar-refractivity contribution in [2.45, 2.75) is 83.1 Å². The fourth-order valence-corrected chi connectivity index (χ4v) is 3.53. The fourth-order valence-electron chi connectivity index (χ4n) is 3.53. The van der Waals surface area contributed by atoms with Gasteiger partial charge in [-0.3, -0.25) is 19.4 Å². The summed E-state index contributed by atoms with van der Waals surface area (Å²) >= 11 is 0. The predicted molar refractivity (Wildman–Crippen MR) is 125 cm³/mol. The van der Waals surface area contributed by atoms with Gasteiger partial charge in [-0.2, -0.15) is 0 Å². The van der Waals surface area contributed by atoms with Crippen LogP contribution in [0.2, 0.25) is 0 Å². The third kappa shape index (κ3) is 9.51. The Morgan fingerprint density at radius 1 is 1.09 bits per heavy atom. The van der Waals surface area contributed by atoms with Crippen LogP contribution >= 0.6 is 0 Å². The smallest absolute Gasteiger partial charge is 0.326 e. The van der Waals surface area contributed by atoms with E-state index in [9.17, 15) is 29.4 Å². The largest absolute Gasteiger partial charge is 0.480 e. The van der Waals surface area contributed by atoms with Gasteiger partial charge in [0.15, 0.2) is 5.96 Å². The average molecular weight is 486 g/mol. The number of hydrogen-bond acceptors (Lipinski definition) is 7. The van der Waals surface area contributed by atoms with E-state index in [0.717, 1.165) is 6.42 Å². The van der Waals surface area contributed by atoms with E-state index >= 15 is 0 Å².